The van der Waals surface area contributed by atoms with E-state index < -0.39 is 0 Å². The Morgan fingerprint density at radius 2 is 2.25 bits per heavy atom. The molecule has 0 fully saturated rings. The van der Waals surface area contributed by atoms with Gasteiger partial charge in [0.25, 0.3) is 0 Å². The van der Waals surface area contributed by atoms with Gasteiger partial charge in [-0.25, -0.2) is 4.98 Å². The van der Waals surface area contributed by atoms with Crippen LogP contribution in [0.3, 0.4) is 0 Å². The van der Waals surface area contributed by atoms with E-state index in [-0.39, 0.29) is 0 Å². The van der Waals surface area contributed by atoms with Crippen LogP contribution in [0.15, 0.2) is 22.2 Å². The molecule has 0 atom stereocenters. The van der Waals surface area contributed by atoms with E-state index in [2.05, 4.69) is 40.2 Å². The summed E-state index contributed by atoms with van der Waals surface area (Å²) in [5.41, 5.74) is 1.29. The number of aromatic nitrogens is 1. The maximum absolute atomic E-state index is 4.69. The highest BCUT2D eigenvalue weighted by molar-refractivity contribution is 7.98. The maximum atomic E-state index is 4.69. The molecule has 3 rings (SSSR count). The fraction of sp³-hybridized carbons (Fsp3) is 0.455. The summed E-state index contributed by atoms with van der Waals surface area (Å²) >= 11 is 1.69. The Kier molecular flexibility index (Phi) is 2.28. The molecule has 0 saturated heterocycles. The zero-order valence-electron chi connectivity index (χ0n) is 9.47. The van der Waals surface area contributed by atoms with Crippen molar-refractivity contribution in [1.82, 2.24) is 9.88 Å². The topological polar surface area (TPSA) is 31.7 Å². The number of hydrogen-bond acceptors (Lipinski definition) is 5. The van der Waals surface area contributed by atoms with Gasteiger partial charge in [-0.2, -0.15) is 0 Å². The molecule has 2 aliphatic heterocycles. The lowest BCUT2D eigenvalue weighted by molar-refractivity contribution is 0.479. The van der Waals surface area contributed by atoms with Crippen LogP contribution < -0.4 is 4.90 Å². The number of fused-ring (bicyclic) bond motifs is 3. The van der Waals surface area contributed by atoms with Crippen LogP contribution in [0.2, 0.25) is 0 Å². The maximum Gasteiger partial charge on any atom is 0.202 e. The zero-order chi connectivity index (χ0) is 11.1. The van der Waals surface area contributed by atoms with E-state index in [1.807, 2.05) is 0 Å². The summed E-state index contributed by atoms with van der Waals surface area (Å²) in [7, 11) is 2.09. The molecule has 84 valence electrons. The van der Waals surface area contributed by atoms with Crippen LogP contribution in [-0.4, -0.2) is 42.2 Å². The van der Waals surface area contributed by atoms with E-state index in [1.54, 1.807) is 11.8 Å². The first-order chi connectivity index (χ1) is 7.79. The second kappa shape index (κ2) is 3.66. The van der Waals surface area contributed by atoms with Gasteiger partial charge in [-0.15, -0.1) is 11.8 Å². The molecule has 0 N–H and O–H groups in total. The Balaban J connectivity index is 2.09. The fourth-order valence-corrected chi connectivity index (χ4v) is 2.60. The highest BCUT2D eigenvalue weighted by atomic mass is 32.2. The standard InChI is InChI=1S/C11H14N4S/c1-14-7-8-3-4-9(16-2)13-10(8)15-6-5-12-11(14)15/h3-4H,5-7H2,1-2H3. The summed E-state index contributed by atoms with van der Waals surface area (Å²) in [6.07, 6.45) is 2.06. The quantitative estimate of drug-likeness (QED) is 0.688. The normalized spacial score (nSPS) is 18.2. The first-order valence-corrected chi connectivity index (χ1v) is 6.59. The van der Waals surface area contributed by atoms with Crippen molar-refractivity contribution in [2.75, 3.05) is 31.3 Å². The van der Waals surface area contributed by atoms with Gasteiger partial charge in [0.15, 0.2) is 0 Å². The van der Waals surface area contributed by atoms with Gasteiger partial charge in [0, 0.05) is 25.7 Å². The molecule has 0 spiro atoms. The lowest BCUT2D eigenvalue weighted by Gasteiger charge is -2.34. The molecule has 0 radical (unpaired) electrons. The highest BCUT2D eigenvalue weighted by Crippen LogP contribution is 2.29. The van der Waals surface area contributed by atoms with Crippen molar-refractivity contribution in [2.45, 2.75) is 11.6 Å². The molecule has 0 aliphatic carbocycles. The van der Waals surface area contributed by atoms with Crippen molar-refractivity contribution < 1.29 is 0 Å². The predicted molar refractivity (Wildman–Crippen MR) is 67.1 cm³/mol. The van der Waals surface area contributed by atoms with Crippen molar-refractivity contribution in [3.63, 3.8) is 0 Å². The van der Waals surface area contributed by atoms with Crippen molar-refractivity contribution in [3.05, 3.63) is 17.7 Å². The number of anilines is 1. The number of hydrogen-bond donors (Lipinski definition) is 0. The molecule has 5 heteroatoms. The van der Waals surface area contributed by atoms with Crippen molar-refractivity contribution in [2.24, 2.45) is 4.99 Å². The molecular formula is C11H14N4S. The Morgan fingerprint density at radius 3 is 3.06 bits per heavy atom. The average Bonchev–Trinajstić information content (AvgIpc) is 2.78. The summed E-state index contributed by atoms with van der Waals surface area (Å²) in [6, 6.07) is 4.27. The minimum Gasteiger partial charge on any atom is -0.341 e. The molecule has 0 bridgehead atoms. The molecule has 1 aromatic rings. The van der Waals surface area contributed by atoms with E-state index in [4.69, 9.17) is 4.98 Å². The Hall–Kier alpha value is -1.23. The number of nitrogens with zero attached hydrogens (tertiary/aromatic N) is 4. The van der Waals surface area contributed by atoms with Crippen LogP contribution in [0.4, 0.5) is 5.82 Å². The van der Waals surface area contributed by atoms with Crippen LogP contribution in [0, 0.1) is 0 Å². The Labute approximate surface area is 99.4 Å². The van der Waals surface area contributed by atoms with Crippen LogP contribution in [-0.2, 0) is 6.54 Å². The van der Waals surface area contributed by atoms with Gasteiger partial charge < -0.3 is 4.90 Å². The lowest BCUT2D eigenvalue weighted by Crippen LogP contribution is -2.44. The van der Waals surface area contributed by atoms with Gasteiger partial charge in [-0.1, -0.05) is 6.07 Å². The molecule has 3 heterocycles. The minimum atomic E-state index is 0.879. The predicted octanol–water partition coefficient (Wildman–Crippen LogP) is 1.42. The summed E-state index contributed by atoms with van der Waals surface area (Å²) in [5.74, 6) is 2.17. The zero-order valence-corrected chi connectivity index (χ0v) is 10.3. The largest absolute Gasteiger partial charge is 0.341 e. The smallest absolute Gasteiger partial charge is 0.202 e. The van der Waals surface area contributed by atoms with Crippen LogP contribution in [0.25, 0.3) is 0 Å². The Morgan fingerprint density at radius 1 is 1.38 bits per heavy atom. The molecule has 4 nitrogen and oxygen atoms in total. The van der Waals surface area contributed by atoms with Crippen LogP contribution in [0.5, 0.6) is 0 Å². The van der Waals surface area contributed by atoms with Crippen molar-refractivity contribution in [1.29, 1.82) is 0 Å². The number of guanidine groups is 1. The van der Waals surface area contributed by atoms with Crippen LogP contribution in [0.1, 0.15) is 5.56 Å². The SMILES string of the molecule is CSc1ccc2c(n1)N1CCN=C1N(C)C2. The third kappa shape index (κ3) is 1.38. The van der Waals surface area contributed by atoms with E-state index in [1.165, 1.54) is 5.56 Å². The molecule has 0 saturated carbocycles. The Bertz CT molecular complexity index is 457. The molecule has 2 aliphatic rings. The van der Waals surface area contributed by atoms with Gasteiger partial charge in [-0.05, 0) is 12.3 Å². The first-order valence-electron chi connectivity index (χ1n) is 5.36. The molecule has 16 heavy (non-hydrogen) atoms. The van der Waals surface area contributed by atoms with Gasteiger partial charge in [-0.3, -0.25) is 9.89 Å². The molecule has 0 unspecified atom stereocenters. The van der Waals surface area contributed by atoms with Crippen molar-refractivity contribution >= 4 is 23.5 Å². The molecule has 0 aromatic carbocycles. The third-order valence-electron chi connectivity index (χ3n) is 2.96. The second-order valence-electron chi connectivity index (χ2n) is 4.03. The summed E-state index contributed by atoms with van der Waals surface area (Å²) in [6.45, 7) is 2.74. The van der Waals surface area contributed by atoms with Gasteiger partial charge >= 0.3 is 0 Å². The summed E-state index contributed by atoms with van der Waals surface area (Å²) in [4.78, 5) is 13.6. The first kappa shape index (κ1) is 9.96. The number of pyridine rings is 1. The lowest BCUT2D eigenvalue weighted by atomic mass is 10.2. The average molecular weight is 234 g/mol. The summed E-state index contributed by atoms with van der Waals surface area (Å²) in [5, 5.41) is 1.08. The van der Waals surface area contributed by atoms with E-state index in [0.717, 1.165) is 36.4 Å². The molecule has 1 aromatic heterocycles. The minimum absolute atomic E-state index is 0.879. The van der Waals surface area contributed by atoms with Gasteiger partial charge in [0.2, 0.25) is 5.96 Å². The van der Waals surface area contributed by atoms with E-state index in [0.29, 0.717) is 0 Å². The molecule has 0 amide bonds. The third-order valence-corrected chi connectivity index (χ3v) is 3.61. The summed E-state index contributed by atoms with van der Waals surface area (Å²) < 4.78 is 0. The molecular weight excluding hydrogens is 220 g/mol. The fourth-order valence-electron chi connectivity index (χ4n) is 2.22. The monoisotopic (exact) mass is 234 g/mol. The highest BCUT2D eigenvalue weighted by Gasteiger charge is 2.30. The number of aliphatic imine (C=N–C) groups is 1. The van der Waals surface area contributed by atoms with E-state index >= 15 is 0 Å². The van der Waals surface area contributed by atoms with Gasteiger partial charge in [0.05, 0.1) is 11.6 Å². The second-order valence-corrected chi connectivity index (χ2v) is 4.85. The van der Waals surface area contributed by atoms with Gasteiger partial charge in [0.1, 0.15) is 5.82 Å². The number of thioether (sulfide) groups is 1. The van der Waals surface area contributed by atoms with Crippen LogP contribution >= 0.6 is 11.8 Å². The van der Waals surface area contributed by atoms with E-state index in [9.17, 15) is 0 Å². The van der Waals surface area contributed by atoms with Crippen molar-refractivity contribution in [3.8, 4) is 0 Å². The number of rotatable bonds is 1.